The molecule has 24 nitrogen and oxygen atoms in total. The lowest BCUT2D eigenvalue weighted by molar-refractivity contribution is -0.162. The molecular weight excluding hydrogens is 1130 g/mol. The van der Waals surface area contributed by atoms with Crippen molar-refractivity contribution in [3.8, 4) is 5.75 Å². The van der Waals surface area contributed by atoms with E-state index in [0.29, 0.717) is 62.1 Å². The molecule has 6 N–H and O–H groups in total. The number of halogens is 1. The maximum Gasteiger partial charge on any atom is 0.409 e. The maximum absolute atomic E-state index is 14.4. The van der Waals surface area contributed by atoms with Gasteiger partial charge in [0.1, 0.15) is 58.9 Å². The van der Waals surface area contributed by atoms with E-state index in [0.717, 1.165) is 16.0 Å². The number of carbonyl (C=O) groups excluding carboxylic acids is 10. The van der Waals surface area contributed by atoms with E-state index in [9.17, 15) is 53.1 Å². The van der Waals surface area contributed by atoms with Crippen LogP contribution in [0.2, 0.25) is 5.02 Å². The van der Waals surface area contributed by atoms with Crippen molar-refractivity contribution >= 4 is 88.4 Å². The summed E-state index contributed by atoms with van der Waals surface area (Å²) in [6, 6.07) is -0.416. The van der Waals surface area contributed by atoms with Gasteiger partial charge in [0.2, 0.25) is 35.4 Å². The number of carbonyl (C=O) groups is 10. The van der Waals surface area contributed by atoms with Crippen molar-refractivity contribution in [2.24, 2.45) is 5.92 Å². The van der Waals surface area contributed by atoms with Gasteiger partial charge in [-0.05, 0) is 97.1 Å². The number of aliphatic hydroxyl groups is 1. The van der Waals surface area contributed by atoms with Crippen LogP contribution in [-0.4, -0.2) is 181 Å². The molecule has 0 unspecified atom stereocenters. The minimum atomic E-state index is -1.88. The molecule has 84 heavy (non-hydrogen) atoms. The fourth-order valence-corrected chi connectivity index (χ4v) is 11.1. The summed E-state index contributed by atoms with van der Waals surface area (Å²) < 4.78 is 29.5. The van der Waals surface area contributed by atoms with Crippen LogP contribution in [-0.2, 0) is 68.5 Å². The lowest BCUT2D eigenvalue weighted by Crippen LogP contribution is -2.63. The Hall–Kier alpha value is -6.54. The van der Waals surface area contributed by atoms with Gasteiger partial charge in [-0.15, -0.1) is 11.8 Å². The number of unbranched alkanes of at least 4 members (excludes halogenated alkanes) is 4. The van der Waals surface area contributed by atoms with Gasteiger partial charge in [0, 0.05) is 65.1 Å². The number of esters is 1. The van der Waals surface area contributed by atoms with Gasteiger partial charge in [-0.2, -0.15) is 0 Å². The number of allylic oxidation sites excluding steroid dienone is 3. The van der Waals surface area contributed by atoms with E-state index in [1.54, 1.807) is 45.2 Å². The van der Waals surface area contributed by atoms with Crippen LogP contribution in [0.3, 0.4) is 0 Å². The number of amides is 9. The van der Waals surface area contributed by atoms with Crippen LogP contribution in [0.1, 0.15) is 118 Å². The number of methoxy groups -OCH3 is 2. The van der Waals surface area contributed by atoms with E-state index in [1.165, 1.54) is 82.7 Å². The van der Waals surface area contributed by atoms with Crippen LogP contribution < -0.4 is 36.2 Å². The van der Waals surface area contributed by atoms with Crippen molar-refractivity contribution in [2.75, 3.05) is 51.4 Å². The number of benzene rings is 1. The molecule has 0 aliphatic carbocycles. The number of thioether (sulfide) groups is 1. The summed E-state index contributed by atoms with van der Waals surface area (Å²) in [7, 11) is 5.93. The molecule has 9 amide bonds. The van der Waals surface area contributed by atoms with Gasteiger partial charge in [0.05, 0.1) is 31.2 Å². The van der Waals surface area contributed by atoms with Gasteiger partial charge in [0.25, 0.3) is 11.8 Å². The molecule has 2 fully saturated rings. The molecule has 464 valence electrons. The van der Waals surface area contributed by atoms with Crippen LogP contribution in [0.25, 0.3) is 0 Å². The molecule has 11 atom stereocenters. The average molecular weight is 1220 g/mol. The molecule has 0 radical (unpaired) electrons. The lowest BCUT2D eigenvalue weighted by atomic mass is 9.83. The summed E-state index contributed by atoms with van der Waals surface area (Å²) >= 11 is 8.27. The molecule has 0 spiro atoms. The van der Waals surface area contributed by atoms with E-state index in [2.05, 4.69) is 26.6 Å². The standard InChI is InChI=1S/C58H83ClN8O16S/c1-33-19-18-20-43(80-11)58(78)31-42(81-56(77)64-58)34(2)51-57(7,83-51)44(30-49(72)66(9)40-28-39(27-33)29-41(79-10)50(40)59)82-55(76)38(6)65(8)46(69)22-15-13-17-26-84-32-60-52(73)35(3)62-54(75)37(5)63-53(74)36(4)61-45(68)21-14-12-16-25-67-47(70)23-24-48(67)71/h18-20,23-24,28-29,34-38,42-44,51,78H,12-17,21-22,25-27,30-32H2,1-11H3,(H,60,73)(H,61,68)(H,62,75)(H,63,74)(H,64,77)/b20-18-,33-19-/t34-,35+,36+,37-,38+,42+,43-,44+,51+,57+,58+/m1/s1. The Morgan fingerprint density at radius 1 is 0.905 bits per heavy atom. The number of alkyl carbamates (subject to hydrolysis) is 1. The zero-order valence-electron chi connectivity index (χ0n) is 49.8. The molecule has 26 heteroatoms. The maximum atomic E-state index is 14.4. The van der Waals surface area contributed by atoms with E-state index < -0.39 is 102 Å². The van der Waals surface area contributed by atoms with Crippen LogP contribution in [0.4, 0.5) is 10.5 Å². The van der Waals surface area contributed by atoms with Crippen molar-refractivity contribution in [1.29, 1.82) is 0 Å². The summed E-state index contributed by atoms with van der Waals surface area (Å²) in [5.41, 5.74) is -1.15. The van der Waals surface area contributed by atoms with Crippen molar-refractivity contribution in [3.63, 3.8) is 0 Å². The van der Waals surface area contributed by atoms with Crippen LogP contribution in [0, 0.1) is 5.92 Å². The Morgan fingerprint density at radius 2 is 1.54 bits per heavy atom. The third-order valence-corrected chi connectivity index (χ3v) is 16.8. The number of epoxide rings is 1. The van der Waals surface area contributed by atoms with Gasteiger partial charge in [-0.1, -0.05) is 55.2 Å². The Labute approximate surface area is 500 Å². The third kappa shape index (κ3) is 18.5. The quantitative estimate of drug-likeness (QED) is 0.0266. The summed E-state index contributed by atoms with van der Waals surface area (Å²) in [5, 5.41) is 25.0. The van der Waals surface area contributed by atoms with E-state index in [1.807, 2.05) is 13.0 Å². The Kier molecular flexibility index (Phi) is 25.2. The van der Waals surface area contributed by atoms with E-state index in [4.69, 9.17) is 35.3 Å². The fourth-order valence-electron chi connectivity index (χ4n) is 9.97. The first-order valence-electron chi connectivity index (χ1n) is 28.3. The number of hydrogen-bond acceptors (Lipinski definition) is 17. The third-order valence-electron chi connectivity index (χ3n) is 15.5. The van der Waals surface area contributed by atoms with Gasteiger partial charge in [-0.25, -0.2) is 9.59 Å². The highest BCUT2D eigenvalue weighted by atomic mass is 35.5. The van der Waals surface area contributed by atoms with Crippen molar-refractivity contribution < 1.29 is 76.7 Å². The fraction of sp³-hybridized carbons (Fsp3) is 0.621. The molecule has 4 heterocycles. The molecule has 1 aromatic rings. The van der Waals surface area contributed by atoms with Crippen molar-refractivity contribution in [3.05, 3.63) is 58.7 Å². The van der Waals surface area contributed by atoms with E-state index in [-0.39, 0.29) is 66.8 Å². The predicted molar refractivity (Wildman–Crippen MR) is 312 cm³/mol. The second kappa shape index (κ2) is 31.0. The highest BCUT2D eigenvalue weighted by Gasteiger charge is 2.64. The van der Waals surface area contributed by atoms with E-state index >= 15 is 0 Å². The largest absolute Gasteiger partial charge is 0.495 e. The molecule has 4 bridgehead atoms. The summed E-state index contributed by atoms with van der Waals surface area (Å²) in [4.78, 5) is 133. The average Bonchev–Trinajstić information content (AvgIpc) is 1.77. The number of hydrogen-bond donors (Lipinski definition) is 6. The van der Waals surface area contributed by atoms with Crippen LogP contribution in [0.5, 0.6) is 5.75 Å². The first-order chi connectivity index (χ1) is 39.6. The minimum Gasteiger partial charge on any atom is -0.495 e. The number of nitrogens with one attached hydrogen (secondary N) is 5. The SMILES string of the molecule is COc1cc2cc(c1Cl)N(C)C(=O)C[C@H](OC(=O)[C@H](C)N(C)C(=O)CCCCCSCNC(=O)[C@H](C)NC(=O)[C@@H](C)NC(=O)[C@H](C)NC(=O)CCCCCN1C(=O)C=CC1=O)[C@]1(C)O[C@H]1[C@H](C)[C@@H]1C[C@@](O)(NC(=O)O1)[C@H](OC)/C=C\C=C(\C)C2. The minimum absolute atomic E-state index is 0.0968. The second-order valence-electron chi connectivity index (χ2n) is 22.0. The van der Waals surface area contributed by atoms with Gasteiger partial charge in [0.15, 0.2) is 5.72 Å². The monoisotopic (exact) mass is 1210 g/mol. The molecular formula is C58H83ClN8O16S. The summed E-state index contributed by atoms with van der Waals surface area (Å²) in [6.07, 6.45) is 6.62. The predicted octanol–water partition coefficient (Wildman–Crippen LogP) is 3.88. The zero-order valence-corrected chi connectivity index (χ0v) is 51.4. The number of likely N-dealkylation sites (N-methyl/N-ethyl adjacent to an activating group) is 1. The number of imide groups is 1. The molecule has 5 rings (SSSR count). The van der Waals surface area contributed by atoms with Crippen LogP contribution in [0.15, 0.2) is 48.1 Å². The lowest BCUT2D eigenvalue weighted by Gasteiger charge is -2.42. The van der Waals surface area contributed by atoms with Gasteiger partial charge >= 0.3 is 12.1 Å². The van der Waals surface area contributed by atoms with Gasteiger partial charge < -0.3 is 59.9 Å². The molecule has 4 aliphatic rings. The number of anilines is 1. The van der Waals surface area contributed by atoms with Crippen LogP contribution >= 0.6 is 23.4 Å². The highest BCUT2D eigenvalue weighted by molar-refractivity contribution is 7.99. The molecule has 1 aromatic carbocycles. The molecule has 2 saturated heterocycles. The first kappa shape index (κ1) is 68.2. The van der Waals surface area contributed by atoms with Crippen molar-refractivity contribution in [1.82, 2.24) is 36.4 Å². The zero-order chi connectivity index (χ0) is 62.2. The first-order valence-corrected chi connectivity index (χ1v) is 29.8. The number of fused-ring (bicyclic) bond motifs is 5. The highest BCUT2D eigenvalue weighted by Crippen LogP contribution is 2.49. The summed E-state index contributed by atoms with van der Waals surface area (Å²) in [6.45, 7) is 11.6. The van der Waals surface area contributed by atoms with Gasteiger partial charge in [-0.3, -0.25) is 48.6 Å². The number of nitrogens with zero attached hydrogens (tertiary/aromatic N) is 3. The smallest absolute Gasteiger partial charge is 0.409 e. The number of ether oxygens (including phenoxy) is 5. The Balaban J connectivity index is 1.06. The molecule has 0 aromatic heterocycles. The molecule has 0 saturated carbocycles. The van der Waals surface area contributed by atoms with Crippen molar-refractivity contribution in [2.45, 2.75) is 179 Å². The Bertz CT molecular complexity index is 2690. The molecule has 4 aliphatic heterocycles. The summed E-state index contributed by atoms with van der Waals surface area (Å²) in [5.74, 6) is -3.66. The normalized spacial score (nSPS) is 25.7. The second-order valence-corrected chi connectivity index (χ2v) is 23.5. The number of rotatable bonds is 25. The topological polar surface area (TPSA) is 310 Å². The Morgan fingerprint density at radius 3 is 2.19 bits per heavy atom.